The van der Waals surface area contributed by atoms with E-state index in [0.717, 1.165) is 30.6 Å². The number of aryl methyl sites for hydroxylation is 1. The fourth-order valence-electron chi connectivity index (χ4n) is 2.16. The molecule has 0 spiro atoms. The summed E-state index contributed by atoms with van der Waals surface area (Å²) >= 11 is 5.60. The minimum Gasteiger partial charge on any atom is -0.483 e. The van der Waals surface area contributed by atoms with Crippen LogP contribution in [0.4, 0.5) is 5.69 Å². The van der Waals surface area contributed by atoms with E-state index in [1.807, 2.05) is 31.2 Å². The summed E-state index contributed by atoms with van der Waals surface area (Å²) in [4.78, 5) is 12.1. The van der Waals surface area contributed by atoms with Gasteiger partial charge in [0.1, 0.15) is 5.75 Å². The molecule has 0 aliphatic heterocycles. The number of ether oxygens (including phenoxy) is 1. The van der Waals surface area contributed by atoms with Gasteiger partial charge in [-0.1, -0.05) is 41.9 Å². The summed E-state index contributed by atoms with van der Waals surface area (Å²) in [5, 5.41) is 2.88. The number of hydrogen-bond acceptors (Lipinski definition) is 2. The molecule has 0 unspecified atom stereocenters. The minimum atomic E-state index is -0.165. The molecule has 0 fully saturated rings. The number of nitrogens with one attached hydrogen (secondary N) is 1. The van der Waals surface area contributed by atoms with E-state index >= 15 is 0 Å². The van der Waals surface area contributed by atoms with E-state index in [4.69, 9.17) is 4.74 Å². The molecule has 0 bridgehead atoms. The number of carbonyl (C=O) groups is 1. The predicted octanol–water partition coefficient (Wildman–Crippen LogP) is 5.50. The molecule has 2 rings (SSSR count). The molecule has 0 aromatic heterocycles. The lowest BCUT2D eigenvalue weighted by atomic mass is 10.0. The van der Waals surface area contributed by atoms with Crippen molar-refractivity contribution in [3.63, 3.8) is 0 Å². The maximum absolute atomic E-state index is 12.1. The van der Waals surface area contributed by atoms with E-state index in [-0.39, 0.29) is 12.5 Å². The van der Waals surface area contributed by atoms with Gasteiger partial charge in [0.15, 0.2) is 6.61 Å². The molecule has 23 heavy (non-hydrogen) atoms. The zero-order valence-corrected chi connectivity index (χ0v) is 17.1. The minimum absolute atomic E-state index is 0.00465. The van der Waals surface area contributed by atoms with E-state index in [2.05, 4.69) is 69.8 Å². The summed E-state index contributed by atoms with van der Waals surface area (Å²) in [6, 6.07) is 11.8. The Bertz CT molecular complexity index is 716. The van der Waals surface area contributed by atoms with Gasteiger partial charge < -0.3 is 10.1 Å². The molecule has 2 aromatic rings. The first-order valence-electron chi connectivity index (χ1n) is 7.35. The molecule has 0 aliphatic carbocycles. The number of anilines is 1. The molecule has 2 aromatic carbocycles. The smallest absolute Gasteiger partial charge is 0.262 e. The molecule has 1 N–H and O–H groups in total. The van der Waals surface area contributed by atoms with Crippen LogP contribution in [0.1, 0.15) is 30.9 Å². The van der Waals surface area contributed by atoms with Crippen LogP contribution < -0.4 is 10.1 Å². The van der Waals surface area contributed by atoms with Crippen molar-refractivity contribution in [1.29, 1.82) is 0 Å². The monoisotopic (exact) mass is 487 g/mol. The van der Waals surface area contributed by atoms with Crippen molar-refractivity contribution in [1.82, 2.24) is 0 Å². The topological polar surface area (TPSA) is 38.3 Å². The highest BCUT2D eigenvalue weighted by molar-refractivity contribution is 14.1. The number of halogens is 2. The number of rotatable bonds is 5. The molecule has 122 valence electrons. The predicted molar refractivity (Wildman–Crippen MR) is 106 cm³/mol. The third kappa shape index (κ3) is 5.21. The van der Waals surface area contributed by atoms with Crippen LogP contribution in [0, 0.1) is 10.5 Å². The zero-order valence-electron chi connectivity index (χ0n) is 13.3. The van der Waals surface area contributed by atoms with E-state index in [1.165, 1.54) is 0 Å². The second kappa shape index (κ2) is 8.15. The molecule has 1 amide bonds. The summed E-state index contributed by atoms with van der Waals surface area (Å²) in [5.41, 5.74) is 3.02. The molecule has 0 saturated heterocycles. The van der Waals surface area contributed by atoms with Crippen molar-refractivity contribution in [3.05, 3.63) is 55.6 Å². The van der Waals surface area contributed by atoms with Gasteiger partial charge in [-0.05, 0) is 70.8 Å². The second-order valence-corrected chi connectivity index (χ2v) is 7.73. The third-order valence-electron chi connectivity index (χ3n) is 3.36. The summed E-state index contributed by atoms with van der Waals surface area (Å²) in [7, 11) is 0. The fourth-order valence-corrected chi connectivity index (χ4v) is 3.60. The second-order valence-electron chi connectivity index (χ2n) is 5.66. The largest absolute Gasteiger partial charge is 0.483 e. The van der Waals surface area contributed by atoms with Crippen LogP contribution >= 0.6 is 38.5 Å². The van der Waals surface area contributed by atoms with Crippen molar-refractivity contribution >= 4 is 50.1 Å². The first-order chi connectivity index (χ1) is 10.9. The van der Waals surface area contributed by atoms with E-state index in [0.29, 0.717) is 5.92 Å². The molecule has 0 radical (unpaired) electrons. The van der Waals surface area contributed by atoms with Gasteiger partial charge in [0.05, 0.1) is 5.69 Å². The number of benzene rings is 2. The first kappa shape index (κ1) is 18.3. The fraction of sp³-hybridized carbons (Fsp3) is 0.278. The highest BCUT2D eigenvalue weighted by atomic mass is 127. The average Bonchev–Trinajstić information content (AvgIpc) is 2.48. The van der Waals surface area contributed by atoms with Crippen LogP contribution in [-0.2, 0) is 4.79 Å². The Balaban J connectivity index is 2.03. The highest BCUT2D eigenvalue weighted by Gasteiger charge is 2.11. The Kier molecular flexibility index (Phi) is 6.47. The highest BCUT2D eigenvalue weighted by Crippen LogP contribution is 2.27. The Hall–Kier alpha value is -1.08. The number of carbonyl (C=O) groups excluding carboxylic acids is 1. The molecule has 3 nitrogen and oxygen atoms in total. The number of hydrogen-bond donors (Lipinski definition) is 1. The molecular formula is C18H19BrINO2. The zero-order chi connectivity index (χ0) is 17.0. The van der Waals surface area contributed by atoms with Crippen molar-refractivity contribution in [3.8, 4) is 5.75 Å². The van der Waals surface area contributed by atoms with E-state index in [9.17, 15) is 4.79 Å². The van der Waals surface area contributed by atoms with Crippen LogP contribution in [0.5, 0.6) is 5.75 Å². The molecule has 0 saturated carbocycles. The van der Waals surface area contributed by atoms with Crippen LogP contribution in [0.3, 0.4) is 0 Å². The Morgan fingerprint density at radius 1 is 1.26 bits per heavy atom. The summed E-state index contributed by atoms with van der Waals surface area (Å²) in [6.45, 7) is 6.24. The third-order valence-corrected chi connectivity index (χ3v) is 4.74. The molecule has 0 atom stereocenters. The lowest BCUT2D eigenvalue weighted by Crippen LogP contribution is -2.21. The molecule has 5 heteroatoms. The lowest BCUT2D eigenvalue weighted by Gasteiger charge is -2.15. The standard InChI is InChI=1S/C18H19BrINO2/c1-11(2)14-6-4-12(3)8-17(14)23-10-18(22)21-16-7-5-13(19)9-15(16)20/h4-9,11H,10H2,1-3H3,(H,21,22). The molecule has 0 heterocycles. The maximum atomic E-state index is 12.1. The normalized spacial score (nSPS) is 10.7. The van der Waals surface area contributed by atoms with E-state index < -0.39 is 0 Å². The van der Waals surface area contributed by atoms with Gasteiger partial charge in [-0.25, -0.2) is 0 Å². The van der Waals surface area contributed by atoms with Crippen molar-refractivity contribution < 1.29 is 9.53 Å². The Morgan fingerprint density at radius 2 is 2.00 bits per heavy atom. The average molecular weight is 488 g/mol. The summed E-state index contributed by atoms with van der Waals surface area (Å²) in [6.07, 6.45) is 0. The van der Waals surface area contributed by atoms with Gasteiger partial charge in [0, 0.05) is 8.04 Å². The van der Waals surface area contributed by atoms with Crippen LogP contribution in [0.25, 0.3) is 0 Å². The maximum Gasteiger partial charge on any atom is 0.262 e. The SMILES string of the molecule is Cc1ccc(C(C)C)c(OCC(=O)Nc2ccc(Br)cc2I)c1. The Labute approximate surface area is 159 Å². The van der Waals surface area contributed by atoms with Gasteiger partial charge in [0.25, 0.3) is 5.91 Å². The van der Waals surface area contributed by atoms with Crippen molar-refractivity contribution in [2.75, 3.05) is 11.9 Å². The summed E-state index contributed by atoms with van der Waals surface area (Å²) < 4.78 is 7.71. The van der Waals surface area contributed by atoms with Gasteiger partial charge >= 0.3 is 0 Å². The quantitative estimate of drug-likeness (QED) is 0.565. The summed E-state index contributed by atoms with van der Waals surface area (Å²) in [5.74, 6) is 0.961. The van der Waals surface area contributed by atoms with Crippen molar-refractivity contribution in [2.24, 2.45) is 0 Å². The molecule has 0 aliphatic rings. The van der Waals surface area contributed by atoms with Gasteiger partial charge in [0.2, 0.25) is 0 Å². The van der Waals surface area contributed by atoms with Gasteiger partial charge in [-0.15, -0.1) is 0 Å². The molecular weight excluding hydrogens is 469 g/mol. The lowest BCUT2D eigenvalue weighted by molar-refractivity contribution is -0.118. The van der Waals surface area contributed by atoms with Crippen LogP contribution in [-0.4, -0.2) is 12.5 Å². The van der Waals surface area contributed by atoms with Gasteiger partial charge in [-0.3, -0.25) is 4.79 Å². The first-order valence-corrected chi connectivity index (χ1v) is 9.22. The van der Waals surface area contributed by atoms with E-state index in [1.54, 1.807) is 0 Å². The van der Waals surface area contributed by atoms with Crippen LogP contribution in [0.2, 0.25) is 0 Å². The van der Waals surface area contributed by atoms with Crippen LogP contribution in [0.15, 0.2) is 40.9 Å². The Morgan fingerprint density at radius 3 is 2.65 bits per heavy atom. The van der Waals surface area contributed by atoms with Crippen molar-refractivity contribution in [2.45, 2.75) is 26.7 Å². The van der Waals surface area contributed by atoms with Gasteiger partial charge in [-0.2, -0.15) is 0 Å². The number of amides is 1.